The normalized spacial score (nSPS) is 23.6. The Balaban J connectivity index is 0.00000200. The maximum atomic E-state index is 3.51. The predicted octanol–water partition coefficient (Wildman–Crippen LogP) is 3.71. The molecule has 0 radical (unpaired) electrons. The minimum absolute atomic E-state index is 0. The van der Waals surface area contributed by atoms with Crippen LogP contribution in [-0.2, 0) is 6.54 Å². The van der Waals surface area contributed by atoms with Crippen LogP contribution in [0.5, 0.6) is 0 Å². The molecule has 1 fully saturated rings. The Hall–Kier alpha value is -0.570. The standard InChI is InChI=1S/C17H28N2.ClH/c1-4-15(2)19(12-16-8-6-5-7-9-16)14-17(3)10-11-18-13-17;/h5-9,15,18H,4,10-14H2,1-3H3;1H. The van der Waals surface area contributed by atoms with Gasteiger partial charge in [-0.25, -0.2) is 0 Å². The highest BCUT2D eigenvalue weighted by Gasteiger charge is 2.31. The molecule has 1 aromatic rings. The van der Waals surface area contributed by atoms with Gasteiger partial charge in [0.1, 0.15) is 0 Å². The minimum atomic E-state index is 0. The summed E-state index contributed by atoms with van der Waals surface area (Å²) in [5.41, 5.74) is 1.87. The summed E-state index contributed by atoms with van der Waals surface area (Å²) in [7, 11) is 0. The van der Waals surface area contributed by atoms with Crippen LogP contribution >= 0.6 is 12.4 Å². The number of nitrogens with one attached hydrogen (secondary N) is 1. The lowest BCUT2D eigenvalue weighted by Crippen LogP contribution is -2.41. The van der Waals surface area contributed by atoms with Crippen LogP contribution in [0.4, 0.5) is 0 Å². The smallest absolute Gasteiger partial charge is 0.0236 e. The van der Waals surface area contributed by atoms with Gasteiger partial charge in [0.05, 0.1) is 0 Å². The summed E-state index contributed by atoms with van der Waals surface area (Å²) in [5.74, 6) is 0. The van der Waals surface area contributed by atoms with Crippen LogP contribution in [0.2, 0.25) is 0 Å². The fourth-order valence-corrected chi connectivity index (χ4v) is 2.94. The summed E-state index contributed by atoms with van der Waals surface area (Å²) in [4.78, 5) is 2.66. The van der Waals surface area contributed by atoms with Gasteiger partial charge in [-0.1, -0.05) is 44.2 Å². The van der Waals surface area contributed by atoms with Crippen LogP contribution in [0, 0.1) is 5.41 Å². The molecule has 2 rings (SSSR count). The van der Waals surface area contributed by atoms with Gasteiger partial charge >= 0.3 is 0 Å². The molecule has 0 saturated carbocycles. The summed E-state index contributed by atoms with van der Waals surface area (Å²) < 4.78 is 0. The average Bonchev–Trinajstić information content (AvgIpc) is 2.85. The molecule has 1 aromatic carbocycles. The Morgan fingerprint density at radius 1 is 1.30 bits per heavy atom. The van der Waals surface area contributed by atoms with Gasteiger partial charge < -0.3 is 5.32 Å². The molecule has 0 bridgehead atoms. The molecule has 2 atom stereocenters. The Kier molecular flexibility index (Phi) is 7.01. The van der Waals surface area contributed by atoms with Crippen LogP contribution < -0.4 is 5.32 Å². The number of hydrogen-bond acceptors (Lipinski definition) is 2. The van der Waals surface area contributed by atoms with E-state index in [1.54, 1.807) is 0 Å². The van der Waals surface area contributed by atoms with E-state index in [-0.39, 0.29) is 12.4 Å². The molecule has 1 N–H and O–H groups in total. The van der Waals surface area contributed by atoms with E-state index < -0.39 is 0 Å². The van der Waals surface area contributed by atoms with Crippen LogP contribution in [0.25, 0.3) is 0 Å². The molecule has 114 valence electrons. The SMILES string of the molecule is CCC(C)N(Cc1ccccc1)CC1(C)CCNC1.Cl. The molecule has 0 aliphatic carbocycles. The van der Waals surface area contributed by atoms with Crippen LogP contribution in [-0.4, -0.2) is 30.6 Å². The van der Waals surface area contributed by atoms with Crippen LogP contribution in [0.3, 0.4) is 0 Å². The average molecular weight is 297 g/mol. The number of halogens is 1. The molecular weight excluding hydrogens is 268 g/mol. The lowest BCUT2D eigenvalue weighted by atomic mass is 9.88. The molecule has 2 nitrogen and oxygen atoms in total. The van der Waals surface area contributed by atoms with Crippen molar-refractivity contribution in [1.29, 1.82) is 0 Å². The quantitative estimate of drug-likeness (QED) is 0.861. The summed E-state index contributed by atoms with van der Waals surface area (Å²) in [6, 6.07) is 11.5. The van der Waals surface area contributed by atoms with Crippen LogP contribution in [0.1, 0.15) is 39.2 Å². The second kappa shape index (κ2) is 8.02. The number of benzene rings is 1. The highest BCUT2D eigenvalue weighted by Crippen LogP contribution is 2.27. The molecule has 20 heavy (non-hydrogen) atoms. The van der Waals surface area contributed by atoms with Gasteiger partial charge in [-0.2, -0.15) is 0 Å². The van der Waals surface area contributed by atoms with E-state index in [0.29, 0.717) is 11.5 Å². The predicted molar refractivity (Wildman–Crippen MR) is 89.4 cm³/mol. The van der Waals surface area contributed by atoms with Crippen molar-refractivity contribution in [2.24, 2.45) is 5.41 Å². The van der Waals surface area contributed by atoms with Gasteiger partial charge in [0.2, 0.25) is 0 Å². The maximum Gasteiger partial charge on any atom is 0.0236 e. The first-order valence-corrected chi connectivity index (χ1v) is 7.62. The molecule has 1 heterocycles. The first-order chi connectivity index (χ1) is 9.13. The van der Waals surface area contributed by atoms with E-state index in [1.807, 2.05) is 0 Å². The molecule has 1 aliphatic rings. The van der Waals surface area contributed by atoms with Gasteiger partial charge in [-0.05, 0) is 37.3 Å². The van der Waals surface area contributed by atoms with E-state index in [2.05, 4.69) is 61.3 Å². The number of hydrogen-bond donors (Lipinski definition) is 1. The van der Waals surface area contributed by atoms with Crippen molar-refractivity contribution in [3.63, 3.8) is 0 Å². The third kappa shape index (κ3) is 4.76. The van der Waals surface area contributed by atoms with Gasteiger partial charge in [0.25, 0.3) is 0 Å². The molecule has 2 unspecified atom stereocenters. The summed E-state index contributed by atoms with van der Waals surface area (Å²) in [6.07, 6.45) is 2.52. The van der Waals surface area contributed by atoms with Gasteiger partial charge in [0, 0.05) is 25.7 Å². The van der Waals surface area contributed by atoms with E-state index in [0.717, 1.165) is 13.1 Å². The van der Waals surface area contributed by atoms with Gasteiger partial charge in [-0.15, -0.1) is 12.4 Å². The molecule has 1 saturated heterocycles. The first-order valence-electron chi connectivity index (χ1n) is 7.62. The fourth-order valence-electron chi connectivity index (χ4n) is 2.94. The second-order valence-corrected chi connectivity index (χ2v) is 6.39. The molecule has 0 aromatic heterocycles. The van der Waals surface area contributed by atoms with Crippen molar-refractivity contribution >= 4 is 12.4 Å². The van der Waals surface area contributed by atoms with Crippen molar-refractivity contribution in [2.45, 2.75) is 46.2 Å². The summed E-state index contributed by atoms with van der Waals surface area (Å²) >= 11 is 0. The molecule has 0 amide bonds. The Labute approximate surface area is 130 Å². The number of nitrogens with zero attached hydrogens (tertiary/aromatic N) is 1. The second-order valence-electron chi connectivity index (χ2n) is 6.39. The zero-order valence-corrected chi connectivity index (χ0v) is 13.9. The third-order valence-corrected chi connectivity index (χ3v) is 4.48. The Morgan fingerprint density at radius 3 is 2.55 bits per heavy atom. The first kappa shape index (κ1) is 17.5. The lowest BCUT2D eigenvalue weighted by Gasteiger charge is -2.36. The number of rotatable bonds is 6. The Morgan fingerprint density at radius 2 is 2.00 bits per heavy atom. The van der Waals surface area contributed by atoms with Crippen molar-refractivity contribution in [1.82, 2.24) is 10.2 Å². The zero-order chi connectivity index (χ0) is 13.7. The van der Waals surface area contributed by atoms with E-state index in [9.17, 15) is 0 Å². The van der Waals surface area contributed by atoms with Crippen molar-refractivity contribution in [3.8, 4) is 0 Å². The molecule has 3 heteroatoms. The fraction of sp³-hybridized carbons (Fsp3) is 0.647. The Bertz CT molecular complexity index is 374. The summed E-state index contributed by atoms with van der Waals surface area (Å²) in [6.45, 7) is 11.7. The largest absolute Gasteiger partial charge is 0.316 e. The van der Waals surface area contributed by atoms with Crippen LogP contribution in [0.15, 0.2) is 30.3 Å². The monoisotopic (exact) mass is 296 g/mol. The summed E-state index contributed by atoms with van der Waals surface area (Å²) in [5, 5.41) is 3.51. The van der Waals surface area contributed by atoms with Crippen molar-refractivity contribution < 1.29 is 0 Å². The van der Waals surface area contributed by atoms with Gasteiger partial charge in [0.15, 0.2) is 0 Å². The van der Waals surface area contributed by atoms with E-state index in [4.69, 9.17) is 0 Å². The van der Waals surface area contributed by atoms with Crippen molar-refractivity contribution in [3.05, 3.63) is 35.9 Å². The van der Waals surface area contributed by atoms with E-state index >= 15 is 0 Å². The van der Waals surface area contributed by atoms with Gasteiger partial charge in [-0.3, -0.25) is 4.90 Å². The van der Waals surface area contributed by atoms with Crippen molar-refractivity contribution in [2.75, 3.05) is 19.6 Å². The molecule has 0 spiro atoms. The highest BCUT2D eigenvalue weighted by atomic mass is 35.5. The zero-order valence-electron chi connectivity index (χ0n) is 13.1. The molecular formula is C17H29ClN2. The van der Waals surface area contributed by atoms with E-state index in [1.165, 1.54) is 31.5 Å². The molecule has 1 aliphatic heterocycles. The maximum absolute atomic E-state index is 3.51. The highest BCUT2D eigenvalue weighted by molar-refractivity contribution is 5.85. The topological polar surface area (TPSA) is 15.3 Å². The minimum Gasteiger partial charge on any atom is -0.316 e. The third-order valence-electron chi connectivity index (χ3n) is 4.48. The lowest BCUT2D eigenvalue weighted by molar-refractivity contribution is 0.126.